The van der Waals surface area contributed by atoms with Gasteiger partial charge in [0.2, 0.25) is 0 Å². The van der Waals surface area contributed by atoms with Crippen LogP contribution < -0.4 is 4.74 Å². The summed E-state index contributed by atoms with van der Waals surface area (Å²) in [5.41, 5.74) is 3.84. The second-order valence-electron chi connectivity index (χ2n) is 7.44. The fourth-order valence-electron chi connectivity index (χ4n) is 3.51. The third kappa shape index (κ3) is 4.26. The Hall–Kier alpha value is -3.74. The Bertz CT molecular complexity index is 1220. The van der Waals surface area contributed by atoms with Crippen molar-refractivity contribution in [1.82, 2.24) is 24.3 Å². The third-order valence-corrected chi connectivity index (χ3v) is 5.32. The molecule has 0 aliphatic carbocycles. The highest BCUT2D eigenvalue weighted by Gasteiger charge is 2.16. The van der Waals surface area contributed by atoms with Gasteiger partial charge in [-0.2, -0.15) is 0 Å². The smallest absolute Gasteiger partial charge is 0.156 e. The van der Waals surface area contributed by atoms with Crippen LogP contribution in [0.3, 0.4) is 0 Å². The summed E-state index contributed by atoms with van der Waals surface area (Å²) in [5, 5.41) is 8.66. The summed E-state index contributed by atoms with van der Waals surface area (Å²) in [6, 6.07) is 12.5. The van der Waals surface area contributed by atoms with Gasteiger partial charge in [-0.25, -0.2) is 9.37 Å². The summed E-state index contributed by atoms with van der Waals surface area (Å²) in [5.74, 6) is 2.05. The minimum absolute atomic E-state index is 0.00161. The number of imidazole rings is 1. The summed E-state index contributed by atoms with van der Waals surface area (Å²) in [6.45, 7) is 3.98. The Labute approximate surface area is 180 Å². The number of nitrogens with zero attached hydrogens (tertiary/aromatic N) is 5. The van der Waals surface area contributed by atoms with Crippen molar-refractivity contribution >= 4 is 12.2 Å². The summed E-state index contributed by atoms with van der Waals surface area (Å²) < 4.78 is 22.7. The number of hydrogen-bond acceptors (Lipinski definition) is 4. The van der Waals surface area contributed by atoms with E-state index in [-0.39, 0.29) is 11.7 Å². The van der Waals surface area contributed by atoms with Gasteiger partial charge < -0.3 is 13.9 Å². The first-order valence-corrected chi connectivity index (χ1v) is 9.98. The molecule has 2 heterocycles. The van der Waals surface area contributed by atoms with E-state index in [0.29, 0.717) is 0 Å². The van der Waals surface area contributed by atoms with Gasteiger partial charge >= 0.3 is 0 Å². The van der Waals surface area contributed by atoms with Crippen LogP contribution in [0.25, 0.3) is 17.8 Å². The van der Waals surface area contributed by atoms with Crippen molar-refractivity contribution in [2.24, 2.45) is 7.05 Å². The Morgan fingerprint density at radius 2 is 1.84 bits per heavy atom. The van der Waals surface area contributed by atoms with Crippen molar-refractivity contribution in [2.45, 2.75) is 19.8 Å². The second kappa shape index (κ2) is 8.55. The monoisotopic (exact) mass is 417 g/mol. The molecule has 0 spiro atoms. The lowest BCUT2D eigenvalue weighted by Crippen LogP contribution is -2.05. The number of aromatic nitrogens is 5. The molecule has 2 aromatic heterocycles. The van der Waals surface area contributed by atoms with Gasteiger partial charge in [0.1, 0.15) is 17.4 Å². The SMILES string of the molecule is COc1cc(C=Cc2nnc([C@@H](C)c3ccc(F)cc3)n2C)ccc1-n1cnc(C)c1. The van der Waals surface area contributed by atoms with Crippen LogP contribution in [0.15, 0.2) is 55.0 Å². The Morgan fingerprint density at radius 1 is 1.06 bits per heavy atom. The van der Waals surface area contributed by atoms with E-state index in [9.17, 15) is 4.39 Å². The summed E-state index contributed by atoms with van der Waals surface area (Å²) >= 11 is 0. The van der Waals surface area contributed by atoms with Crippen molar-refractivity contribution in [3.8, 4) is 11.4 Å². The highest BCUT2D eigenvalue weighted by Crippen LogP contribution is 2.26. The van der Waals surface area contributed by atoms with Gasteiger partial charge in [0.05, 0.1) is 24.8 Å². The number of methoxy groups -OCH3 is 1. The van der Waals surface area contributed by atoms with E-state index in [0.717, 1.165) is 39.9 Å². The molecule has 0 saturated heterocycles. The molecule has 1 atom stereocenters. The van der Waals surface area contributed by atoms with Crippen molar-refractivity contribution < 1.29 is 9.13 Å². The second-order valence-corrected chi connectivity index (χ2v) is 7.44. The maximum Gasteiger partial charge on any atom is 0.156 e. The molecule has 0 aliphatic rings. The lowest BCUT2D eigenvalue weighted by Gasteiger charge is -2.11. The minimum Gasteiger partial charge on any atom is -0.495 e. The van der Waals surface area contributed by atoms with E-state index in [1.54, 1.807) is 25.6 Å². The van der Waals surface area contributed by atoms with E-state index in [1.807, 2.05) is 66.6 Å². The first-order chi connectivity index (χ1) is 15.0. The zero-order valence-corrected chi connectivity index (χ0v) is 18.0. The van der Waals surface area contributed by atoms with Crippen molar-refractivity contribution in [2.75, 3.05) is 7.11 Å². The van der Waals surface area contributed by atoms with Gasteiger partial charge in [0.25, 0.3) is 0 Å². The Morgan fingerprint density at radius 3 is 2.52 bits per heavy atom. The molecule has 4 aromatic rings. The van der Waals surface area contributed by atoms with Crippen LogP contribution in [0.5, 0.6) is 5.75 Å². The van der Waals surface area contributed by atoms with Crippen LogP contribution in [0.1, 0.15) is 41.3 Å². The van der Waals surface area contributed by atoms with E-state index in [1.165, 1.54) is 12.1 Å². The predicted octanol–water partition coefficient (Wildman–Crippen LogP) is 4.78. The molecule has 0 saturated carbocycles. The average molecular weight is 417 g/mol. The zero-order chi connectivity index (χ0) is 22.0. The molecule has 0 amide bonds. The van der Waals surface area contributed by atoms with Crippen LogP contribution in [-0.2, 0) is 7.05 Å². The summed E-state index contributed by atoms with van der Waals surface area (Å²) in [7, 11) is 3.59. The lowest BCUT2D eigenvalue weighted by atomic mass is 10.0. The van der Waals surface area contributed by atoms with E-state index < -0.39 is 0 Å². The molecule has 0 radical (unpaired) electrons. The van der Waals surface area contributed by atoms with Crippen LogP contribution in [0.4, 0.5) is 4.39 Å². The lowest BCUT2D eigenvalue weighted by molar-refractivity contribution is 0.413. The number of aryl methyl sites for hydroxylation is 1. The normalized spacial score (nSPS) is 12.4. The van der Waals surface area contributed by atoms with Gasteiger partial charge in [0, 0.05) is 19.2 Å². The standard InChI is InChI=1S/C24H24FN5O/c1-16-14-30(15-26-16)21-11-5-18(13-22(21)31-4)6-12-23-27-28-24(29(23)3)17(2)19-7-9-20(25)10-8-19/h5-15,17H,1-4H3/t17-/m0/s1. The van der Waals surface area contributed by atoms with E-state index in [4.69, 9.17) is 4.74 Å². The van der Waals surface area contributed by atoms with Gasteiger partial charge in [-0.3, -0.25) is 0 Å². The molecule has 0 bridgehead atoms. The molecular formula is C24H24FN5O. The predicted molar refractivity (Wildman–Crippen MR) is 119 cm³/mol. The first-order valence-electron chi connectivity index (χ1n) is 9.98. The van der Waals surface area contributed by atoms with Gasteiger partial charge in [-0.05, 0) is 48.4 Å². The van der Waals surface area contributed by atoms with Gasteiger partial charge in [-0.1, -0.05) is 31.2 Å². The first kappa shape index (κ1) is 20.5. The number of benzene rings is 2. The number of ether oxygens (including phenoxy) is 1. The van der Waals surface area contributed by atoms with Crippen LogP contribution in [0.2, 0.25) is 0 Å². The Kier molecular flexibility index (Phi) is 5.66. The molecule has 31 heavy (non-hydrogen) atoms. The van der Waals surface area contributed by atoms with Crippen LogP contribution >= 0.6 is 0 Å². The van der Waals surface area contributed by atoms with Gasteiger partial charge in [-0.15, -0.1) is 10.2 Å². The quantitative estimate of drug-likeness (QED) is 0.453. The molecule has 0 unspecified atom stereocenters. The van der Waals surface area contributed by atoms with Crippen molar-refractivity contribution in [1.29, 1.82) is 0 Å². The summed E-state index contributed by atoms with van der Waals surface area (Å²) in [6.07, 6.45) is 7.62. The maximum absolute atomic E-state index is 13.2. The van der Waals surface area contributed by atoms with Crippen LogP contribution in [-0.4, -0.2) is 31.4 Å². The fraction of sp³-hybridized carbons (Fsp3) is 0.208. The number of halogens is 1. The Balaban J connectivity index is 1.57. The van der Waals surface area contributed by atoms with E-state index >= 15 is 0 Å². The molecule has 0 N–H and O–H groups in total. The molecule has 158 valence electrons. The molecule has 2 aromatic carbocycles. The molecule has 7 heteroatoms. The number of hydrogen-bond donors (Lipinski definition) is 0. The number of rotatable bonds is 6. The summed E-state index contributed by atoms with van der Waals surface area (Å²) in [4.78, 5) is 4.28. The zero-order valence-electron chi connectivity index (χ0n) is 18.0. The largest absolute Gasteiger partial charge is 0.495 e. The average Bonchev–Trinajstić information content (AvgIpc) is 3.37. The molecule has 4 rings (SSSR count). The van der Waals surface area contributed by atoms with Crippen molar-refractivity contribution in [3.05, 3.63) is 89.3 Å². The fourth-order valence-corrected chi connectivity index (χ4v) is 3.51. The van der Waals surface area contributed by atoms with Crippen LogP contribution in [0, 0.1) is 12.7 Å². The van der Waals surface area contributed by atoms with E-state index in [2.05, 4.69) is 15.2 Å². The third-order valence-electron chi connectivity index (χ3n) is 5.32. The molecule has 6 nitrogen and oxygen atoms in total. The molecular weight excluding hydrogens is 393 g/mol. The maximum atomic E-state index is 13.2. The minimum atomic E-state index is -0.248. The topological polar surface area (TPSA) is 57.8 Å². The molecule has 0 aliphatic heterocycles. The van der Waals surface area contributed by atoms with Gasteiger partial charge in [0.15, 0.2) is 5.82 Å². The molecule has 0 fully saturated rings. The highest BCUT2D eigenvalue weighted by atomic mass is 19.1. The van der Waals surface area contributed by atoms with Crippen molar-refractivity contribution in [3.63, 3.8) is 0 Å². The highest BCUT2D eigenvalue weighted by molar-refractivity contribution is 5.69.